The van der Waals surface area contributed by atoms with Gasteiger partial charge in [0.25, 0.3) is 0 Å². The van der Waals surface area contributed by atoms with E-state index in [-0.39, 0.29) is 23.7 Å². The van der Waals surface area contributed by atoms with Crippen LogP contribution in [0.1, 0.15) is 6.42 Å². The lowest BCUT2D eigenvalue weighted by Crippen LogP contribution is -2.49. The van der Waals surface area contributed by atoms with Crippen LogP contribution in [0.25, 0.3) is 0 Å². The van der Waals surface area contributed by atoms with Crippen LogP contribution in [0.3, 0.4) is 0 Å². The number of hydrogen-bond acceptors (Lipinski definition) is 4. The minimum Gasteiger partial charge on any atom is -0.495 e. The van der Waals surface area contributed by atoms with Crippen LogP contribution in [-0.4, -0.2) is 50.0 Å². The Kier molecular flexibility index (Phi) is 5.19. The molecule has 6 nitrogen and oxygen atoms in total. The van der Waals surface area contributed by atoms with E-state index in [1.807, 2.05) is 59.5 Å². The molecule has 28 heavy (non-hydrogen) atoms. The molecule has 2 fully saturated rings. The highest BCUT2D eigenvalue weighted by atomic mass is 16.5. The fourth-order valence-corrected chi connectivity index (χ4v) is 3.81. The number of carbonyl (C=O) groups excluding carboxylic acids is 2. The molecule has 1 saturated carbocycles. The molecule has 1 aliphatic heterocycles. The van der Waals surface area contributed by atoms with Crippen LogP contribution in [-0.2, 0) is 9.59 Å². The number of benzene rings is 2. The fourth-order valence-electron chi connectivity index (χ4n) is 3.81. The number of piperazine rings is 1. The molecule has 0 spiro atoms. The van der Waals surface area contributed by atoms with Crippen molar-refractivity contribution in [2.45, 2.75) is 6.42 Å². The number of para-hydroxylation sites is 3. The van der Waals surface area contributed by atoms with Crippen molar-refractivity contribution < 1.29 is 14.3 Å². The quantitative estimate of drug-likeness (QED) is 0.868. The highest BCUT2D eigenvalue weighted by Crippen LogP contribution is 2.41. The molecule has 0 bridgehead atoms. The normalized spacial score (nSPS) is 21.2. The summed E-state index contributed by atoms with van der Waals surface area (Å²) in [4.78, 5) is 29.3. The topological polar surface area (TPSA) is 61.9 Å². The molecule has 1 N–H and O–H groups in total. The second kappa shape index (κ2) is 7.92. The number of carbonyl (C=O) groups is 2. The SMILES string of the molecule is COc1ccccc1N1CCN(C(=O)C2CC2C(=O)Nc2ccccc2)CC1. The Morgan fingerprint density at radius 2 is 1.61 bits per heavy atom. The van der Waals surface area contributed by atoms with Gasteiger partial charge in [-0.2, -0.15) is 0 Å². The molecule has 4 rings (SSSR count). The molecular weight excluding hydrogens is 354 g/mol. The Balaban J connectivity index is 1.30. The minimum atomic E-state index is -0.208. The summed E-state index contributed by atoms with van der Waals surface area (Å²) in [5.74, 6) is 0.508. The van der Waals surface area contributed by atoms with Gasteiger partial charge in [-0.3, -0.25) is 9.59 Å². The van der Waals surface area contributed by atoms with Crippen molar-refractivity contribution in [1.82, 2.24) is 4.90 Å². The van der Waals surface area contributed by atoms with E-state index in [1.165, 1.54) is 0 Å². The monoisotopic (exact) mass is 379 g/mol. The molecule has 0 radical (unpaired) electrons. The zero-order valence-electron chi connectivity index (χ0n) is 16.0. The van der Waals surface area contributed by atoms with Gasteiger partial charge in [0.15, 0.2) is 0 Å². The van der Waals surface area contributed by atoms with E-state index in [0.717, 1.165) is 30.2 Å². The van der Waals surface area contributed by atoms with Crippen LogP contribution in [0.5, 0.6) is 5.75 Å². The minimum absolute atomic E-state index is 0.0581. The van der Waals surface area contributed by atoms with Crippen molar-refractivity contribution in [3.8, 4) is 5.75 Å². The van der Waals surface area contributed by atoms with Crippen molar-refractivity contribution in [1.29, 1.82) is 0 Å². The first-order chi connectivity index (χ1) is 13.7. The van der Waals surface area contributed by atoms with Crippen LogP contribution in [0.15, 0.2) is 54.6 Å². The van der Waals surface area contributed by atoms with Crippen LogP contribution >= 0.6 is 0 Å². The summed E-state index contributed by atoms with van der Waals surface area (Å²) < 4.78 is 5.44. The molecule has 1 heterocycles. The number of methoxy groups -OCH3 is 1. The van der Waals surface area contributed by atoms with Gasteiger partial charge in [-0.25, -0.2) is 0 Å². The maximum atomic E-state index is 12.8. The number of nitrogens with zero attached hydrogens (tertiary/aromatic N) is 2. The van der Waals surface area contributed by atoms with Crippen LogP contribution in [0.2, 0.25) is 0 Å². The van der Waals surface area contributed by atoms with E-state index in [1.54, 1.807) is 7.11 Å². The largest absolute Gasteiger partial charge is 0.495 e. The lowest BCUT2D eigenvalue weighted by atomic mass is 10.2. The number of nitrogens with one attached hydrogen (secondary N) is 1. The lowest BCUT2D eigenvalue weighted by molar-refractivity contribution is -0.134. The molecule has 2 atom stereocenters. The molecule has 2 aromatic carbocycles. The van der Waals surface area contributed by atoms with Gasteiger partial charge in [0, 0.05) is 31.9 Å². The maximum absolute atomic E-state index is 12.8. The third-order valence-electron chi connectivity index (χ3n) is 5.50. The number of amides is 2. The maximum Gasteiger partial charge on any atom is 0.228 e. The molecule has 2 unspecified atom stereocenters. The second-order valence-corrected chi connectivity index (χ2v) is 7.29. The highest BCUT2D eigenvalue weighted by Gasteiger charge is 2.49. The molecule has 1 saturated heterocycles. The molecular formula is C22H25N3O3. The molecule has 6 heteroatoms. The van der Waals surface area contributed by atoms with Gasteiger partial charge in [-0.05, 0) is 30.7 Å². The predicted octanol–water partition coefficient (Wildman–Crippen LogP) is 2.62. The van der Waals surface area contributed by atoms with Gasteiger partial charge in [0.2, 0.25) is 11.8 Å². The Labute approximate surface area is 165 Å². The summed E-state index contributed by atoms with van der Waals surface area (Å²) in [6, 6.07) is 17.3. The molecule has 146 valence electrons. The van der Waals surface area contributed by atoms with Gasteiger partial charge in [-0.15, -0.1) is 0 Å². The zero-order valence-corrected chi connectivity index (χ0v) is 16.0. The summed E-state index contributed by atoms with van der Waals surface area (Å²) in [6.07, 6.45) is 0.643. The zero-order chi connectivity index (χ0) is 19.5. The van der Waals surface area contributed by atoms with Crippen molar-refractivity contribution in [3.63, 3.8) is 0 Å². The van der Waals surface area contributed by atoms with Gasteiger partial charge >= 0.3 is 0 Å². The first-order valence-electron chi connectivity index (χ1n) is 9.70. The van der Waals surface area contributed by atoms with Gasteiger partial charge in [0.05, 0.1) is 24.6 Å². The van der Waals surface area contributed by atoms with Crippen LogP contribution < -0.4 is 15.0 Å². The Morgan fingerprint density at radius 1 is 0.929 bits per heavy atom. The first kappa shape index (κ1) is 18.3. The Bertz CT molecular complexity index is 847. The van der Waals surface area contributed by atoms with E-state index in [9.17, 15) is 9.59 Å². The van der Waals surface area contributed by atoms with E-state index in [2.05, 4.69) is 10.2 Å². The molecule has 2 amide bonds. The van der Waals surface area contributed by atoms with Gasteiger partial charge in [0.1, 0.15) is 5.75 Å². The summed E-state index contributed by atoms with van der Waals surface area (Å²) >= 11 is 0. The fraction of sp³-hybridized carbons (Fsp3) is 0.364. The van der Waals surface area contributed by atoms with Crippen molar-refractivity contribution in [2.24, 2.45) is 11.8 Å². The molecule has 2 aromatic rings. The number of rotatable bonds is 5. The molecule has 2 aliphatic rings. The van der Waals surface area contributed by atoms with Crippen molar-refractivity contribution in [3.05, 3.63) is 54.6 Å². The molecule has 0 aromatic heterocycles. The average Bonchev–Trinajstić information content (AvgIpc) is 3.55. The Morgan fingerprint density at radius 3 is 2.32 bits per heavy atom. The number of anilines is 2. The Hall–Kier alpha value is -3.02. The standard InChI is InChI=1S/C22H25N3O3/c1-28-20-10-6-5-9-19(20)24-11-13-25(14-12-24)22(27)18-15-17(18)21(26)23-16-7-3-2-4-8-16/h2-10,17-18H,11-15H2,1H3,(H,23,26). The summed E-state index contributed by atoms with van der Waals surface area (Å²) in [5.41, 5.74) is 1.83. The van der Waals surface area contributed by atoms with Gasteiger partial charge in [-0.1, -0.05) is 30.3 Å². The van der Waals surface area contributed by atoms with E-state index < -0.39 is 0 Å². The van der Waals surface area contributed by atoms with Crippen molar-refractivity contribution >= 4 is 23.2 Å². The predicted molar refractivity (Wildman–Crippen MR) is 108 cm³/mol. The van der Waals surface area contributed by atoms with E-state index in [0.29, 0.717) is 19.5 Å². The molecule has 1 aliphatic carbocycles. The van der Waals surface area contributed by atoms with E-state index >= 15 is 0 Å². The summed E-state index contributed by atoms with van der Waals surface area (Å²) in [7, 11) is 1.67. The summed E-state index contributed by atoms with van der Waals surface area (Å²) in [5, 5.41) is 2.90. The average molecular weight is 379 g/mol. The number of ether oxygens (including phenoxy) is 1. The third-order valence-corrected chi connectivity index (χ3v) is 5.50. The van der Waals surface area contributed by atoms with Crippen LogP contribution in [0.4, 0.5) is 11.4 Å². The van der Waals surface area contributed by atoms with Crippen LogP contribution in [0, 0.1) is 11.8 Å². The van der Waals surface area contributed by atoms with Gasteiger partial charge < -0.3 is 19.9 Å². The number of hydrogen-bond donors (Lipinski definition) is 1. The lowest BCUT2D eigenvalue weighted by Gasteiger charge is -2.36. The van der Waals surface area contributed by atoms with Crippen molar-refractivity contribution in [2.75, 3.05) is 43.5 Å². The summed E-state index contributed by atoms with van der Waals surface area (Å²) in [6.45, 7) is 2.86. The third kappa shape index (κ3) is 3.81. The smallest absolute Gasteiger partial charge is 0.228 e. The highest BCUT2D eigenvalue weighted by molar-refractivity contribution is 5.99. The van der Waals surface area contributed by atoms with E-state index in [4.69, 9.17) is 4.74 Å². The first-order valence-corrected chi connectivity index (χ1v) is 9.70. The second-order valence-electron chi connectivity index (χ2n) is 7.29.